The molecule has 2 unspecified atom stereocenters. The van der Waals surface area contributed by atoms with Crippen molar-refractivity contribution in [1.29, 1.82) is 0 Å². The van der Waals surface area contributed by atoms with Crippen LogP contribution in [0.3, 0.4) is 0 Å². The number of rotatable bonds is 6. The summed E-state index contributed by atoms with van der Waals surface area (Å²) in [5, 5.41) is 6.75. The molecule has 2 N–H and O–H groups in total. The first-order valence-corrected chi connectivity index (χ1v) is 11.1. The third-order valence-corrected chi connectivity index (χ3v) is 6.69. The van der Waals surface area contributed by atoms with Gasteiger partial charge in [0.05, 0.1) is 12.6 Å². The molecular formula is C21H39N5O2. The first kappa shape index (κ1) is 21.4. The van der Waals surface area contributed by atoms with Crippen LogP contribution in [0.25, 0.3) is 0 Å². The normalized spacial score (nSPS) is 27.9. The molecule has 0 bridgehead atoms. The lowest BCUT2D eigenvalue weighted by Crippen LogP contribution is -2.66. The summed E-state index contributed by atoms with van der Waals surface area (Å²) >= 11 is 0. The second-order valence-corrected chi connectivity index (χ2v) is 8.85. The number of hydrogen-bond donors (Lipinski definition) is 2. The molecule has 1 saturated heterocycles. The minimum atomic E-state index is 0.116. The smallest absolute Gasteiger partial charge is 0.234 e. The number of aliphatic imine (C=N–C) groups is 1. The average Bonchev–Trinajstić information content (AvgIpc) is 3.17. The first-order valence-electron chi connectivity index (χ1n) is 11.1. The zero-order valence-corrected chi connectivity index (χ0v) is 18.2. The summed E-state index contributed by atoms with van der Waals surface area (Å²) in [6.45, 7) is 11.0. The third kappa shape index (κ3) is 4.62. The fourth-order valence-corrected chi connectivity index (χ4v) is 5.23. The predicted molar refractivity (Wildman–Crippen MR) is 113 cm³/mol. The topological polar surface area (TPSA) is 69.2 Å². The maximum absolute atomic E-state index is 12.0. The summed E-state index contributed by atoms with van der Waals surface area (Å²) in [6, 6.07) is 0.669. The first-order chi connectivity index (χ1) is 13.5. The number of carbonyl (C=O) groups is 1. The fourth-order valence-electron chi connectivity index (χ4n) is 5.23. The van der Waals surface area contributed by atoms with E-state index in [1.165, 1.54) is 25.7 Å². The Bertz CT molecular complexity index is 551. The van der Waals surface area contributed by atoms with Gasteiger partial charge in [-0.2, -0.15) is 0 Å². The highest BCUT2D eigenvalue weighted by molar-refractivity contribution is 5.81. The van der Waals surface area contributed by atoms with Gasteiger partial charge in [0.25, 0.3) is 0 Å². The number of hydrogen-bond acceptors (Lipinski definition) is 4. The van der Waals surface area contributed by atoms with Gasteiger partial charge in [-0.3, -0.25) is 14.7 Å². The molecule has 2 atom stereocenters. The summed E-state index contributed by atoms with van der Waals surface area (Å²) in [6.07, 6.45) is 6.67. The summed E-state index contributed by atoms with van der Waals surface area (Å²) in [5.74, 6) is 1.13. The van der Waals surface area contributed by atoms with Gasteiger partial charge >= 0.3 is 0 Å². The van der Waals surface area contributed by atoms with E-state index >= 15 is 0 Å². The molecule has 3 fully saturated rings. The van der Waals surface area contributed by atoms with Crippen LogP contribution >= 0.6 is 0 Å². The molecule has 1 heterocycles. The van der Waals surface area contributed by atoms with Crippen molar-refractivity contribution < 1.29 is 9.53 Å². The summed E-state index contributed by atoms with van der Waals surface area (Å²) in [7, 11) is 1.88. The predicted octanol–water partition coefficient (Wildman–Crippen LogP) is 1.44. The highest BCUT2D eigenvalue weighted by Gasteiger charge is 2.57. The molecule has 1 amide bonds. The summed E-state index contributed by atoms with van der Waals surface area (Å²) in [4.78, 5) is 21.1. The Hall–Kier alpha value is -1.34. The van der Waals surface area contributed by atoms with E-state index in [9.17, 15) is 4.79 Å². The van der Waals surface area contributed by atoms with Crippen LogP contribution in [0.15, 0.2) is 4.99 Å². The Morgan fingerprint density at radius 2 is 1.89 bits per heavy atom. The van der Waals surface area contributed by atoms with Gasteiger partial charge in [-0.25, -0.2) is 0 Å². The quantitative estimate of drug-likeness (QED) is 0.528. The number of piperazine rings is 1. The number of amides is 1. The van der Waals surface area contributed by atoms with Crippen molar-refractivity contribution in [3.63, 3.8) is 0 Å². The summed E-state index contributed by atoms with van der Waals surface area (Å²) in [5.41, 5.74) is 0.308. The number of nitrogens with one attached hydrogen (secondary N) is 2. The third-order valence-electron chi connectivity index (χ3n) is 6.69. The molecule has 160 valence electrons. The molecule has 0 aromatic carbocycles. The Morgan fingerprint density at radius 3 is 2.46 bits per heavy atom. The van der Waals surface area contributed by atoms with Crippen LogP contribution in [-0.2, 0) is 9.53 Å². The zero-order chi connectivity index (χ0) is 20.1. The van der Waals surface area contributed by atoms with Gasteiger partial charge in [0.15, 0.2) is 5.96 Å². The SMILES string of the molecule is CCOC1CC(NC(=NC)N2CCN(CC(=O)NC(C)C)CC2)C12CCCC2. The van der Waals surface area contributed by atoms with Gasteiger partial charge in [0.1, 0.15) is 0 Å². The van der Waals surface area contributed by atoms with Crippen LogP contribution in [0.2, 0.25) is 0 Å². The van der Waals surface area contributed by atoms with Crippen LogP contribution < -0.4 is 10.6 Å². The van der Waals surface area contributed by atoms with E-state index in [2.05, 4.69) is 32.3 Å². The van der Waals surface area contributed by atoms with Crippen molar-refractivity contribution in [3.05, 3.63) is 0 Å². The Labute approximate surface area is 170 Å². The van der Waals surface area contributed by atoms with Crippen molar-refractivity contribution >= 4 is 11.9 Å². The van der Waals surface area contributed by atoms with Gasteiger partial charge < -0.3 is 20.3 Å². The molecule has 2 saturated carbocycles. The van der Waals surface area contributed by atoms with Gasteiger partial charge in [0, 0.05) is 57.3 Å². The molecule has 2 aliphatic carbocycles. The number of ether oxygens (including phenoxy) is 1. The molecule has 7 nitrogen and oxygen atoms in total. The zero-order valence-electron chi connectivity index (χ0n) is 18.2. The number of nitrogens with zero attached hydrogens (tertiary/aromatic N) is 3. The maximum atomic E-state index is 12.0. The highest BCUT2D eigenvalue weighted by atomic mass is 16.5. The minimum Gasteiger partial charge on any atom is -0.378 e. The van der Waals surface area contributed by atoms with Gasteiger partial charge in [-0.05, 0) is 40.0 Å². The molecule has 0 aromatic rings. The van der Waals surface area contributed by atoms with Crippen molar-refractivity contribution in [2.75, 3.05) is 46.4 Å². The molecule has 7 heteroatoms. The lowest BCUT2D eigenvalue weighted by molar-refractivity contribution is -0.126. The Balaban J connectivity index is 1.50. The van der Waals surface area contributed by atoms with Gasteiger partial charge in [0.2, 0.25) is 5.91 Å². The molecule has 28 heavy (non-hydrogen) atoms. The molecule has 0 radical (unpaired) electrons. The molecule has 3 rings (SSSR count). The average molecular weight is 394 g/mol. The van der Waals surface area contributed by atoms with E-state index in [1.807, 2.05) is 20.9 Å². The molecule has 1 aliphatic heterocycles. The lowest BCUT2D eigenvalue weighted by Gasteiger charge is -2.55. The van der Waals surface area contributed by atoms with Crippen molar-refractivity contribution in [2.45, 2.75) is 71.1 Å². The van der Waals surface area contributed by atoms with Crippen LogP contribution in [0.4, 0.5) is 0 Å². The molecular weight excluding hydrogens is 354 g/mol. The van der Waals surface area contributed by atoms with Crippen molar-refractivity contribution in [1.82, 2.24) is 20.4 Å². The van der Waals surface area contributed by atoms with E-state index in [4.69, 9.17) is 4.74 Å². The van der Waals surface area contributed by atoms with E-state index < -0.39 is 0 Å². The van der Waals surface area contributed by atoms with E-state index in [0.29, 0.717) is 24.1 Å². The highest BCUT2D eigenvalue weighted by Crippen LogP contribution is 2.54. The molecule has 1 spiro atoms. The second kappa shape index (κ2) is 9.44. The minimum absolute atomic E-state index is 0.116. The van der Waals surface area contributed by atoms with Crippen LogP contribution in [0.1, 0.15) is 52.9 Å². The van der Waals surface area contributed by atoms with Crippen LogP contribution in [0.5, 0.6) is 0 Å². The number of guanidine groups is 1. The standard InChI is InChI=1S/C21H39N5O2/c1-5-28-18-14-17(21(18)8-6-7-9-21)24-20(22-4)26-12-10-25(11-13-26)15-19(27)23-16(2)3/h16-18H,5-15H2,1-4H3,(H,22,24)(H,23,27). The monoisotopic (exact) mass is 393 g/mol. The summed E-state index contributed by atoms with van der Waals surface area (Å²) < 4.78 is 6.05. The van der Waals surface area contributed by atoms with Crippen LogP contribution in [0, 0.1) is 5.41 Å². The Kier molecular flexibility index (Phi) is 7.20. The molecule has 3 aliphatic rings. The van der Waals surface area contributed by atoms with Gasteiger partial charge in [-0.1, -0.05) is 12.8 Å². The van der Waals surface area contributed by atoms with Crippen molar-refractivity contribution in [2.24, 2.45) is 10.4 Å². The van der Waals surface area contributed by atoms with Gasteiger partial charge in [-0.15, -0.1) is 0 Å². The Morgan fingerprint density at radius 1 is 1.21 bits per heavy atom. The van der Waals surface area contributed by atoms with Crippen molar-refractivity contribution in [3.8, 4) is 0 Å². The second-order valence-electron chi connectivity index (χ2n) is 8.85. The number of carbonyl (C=O) groups excluding carboxylic acids is 1. The van der Waals surface area contributed by atoms with E-state index in [1.54, 1.807) is 0 Å². The van der Waals surface area contributed by atoms with E-state index in [0.717, 1.165) is 45.2 Å². The fraction of sp³-hybridized carbons (Fsp3) is 0.905. The lowest BCUT2D eigenvalue weighted by atomic mass is 9.60. The van der Waals surface area contributed by atoms with Crippen LogP contribution in [-0.4, -0.2) is 86.2 Å². The molecule has 0 aromatic heterocycles. The largest absolute Gasteiger partial charge is 0.378 e. The van der Waals surface area contributed by atoms with E-state index in [-0.39, 0.29) is 11.9 Å². The maximum Gasteiger partial charge on any atom is 0.234 e.